The zero-order valence-electron chi connectivity index (χ0n) is 13.3. The minimum Gasteiger partial charge on any atom is -0.302 e. The topological polar surface area (TPSA) is 15.3 Å². The van der Waals surface area contributed by atoms with Gasteiger partial charge in [0.2, 0.25) is 0 Å². The summed E-state index contributed by atoms with van der Waals surface area (Å²) in [4.78, 5) is 3.98. The van der Waals surface area contributed by atoms with Crippen LogP contribution in [0, 0.1) is 26.7 Å². The standard InChI is InChI=1S/C17H28N2S/c1-13-5-8-19(9-6-13)10-7-18-20-17-15(3)11-14(2)12-16(17)4/h11-13,18H,5-10H2,1-4H3. The van der Waals surface area contributed by atoms with Crippen molar-refractivity contribution in [3.8, 4) is 0 Å². The molecular formula is C17H28N2S. The molecule has 1 fully saturated rings. The van der Waals surface area contributed by atoms with Crippen LogP contribution in [0.1, 0.15) is 36.5 Å². The van der Waals surface area contributed by atoms with E-state index in [0.29, 0.717) is 0 Å². The molecule has 0 unspecified atom stereocenters. The summed E-state index contributed by atoms with van der Waals surface area (Å²) >= 11 is 1.79. The summed E-state index contributed by atoms with van der Waals surface area (Å²) in [5.74, 6) is 0.923. The number of nitrogens with zero attached hydrogens (tertiary/aromatic N) is 1. The third kappa shape index (κ3) is 4.51. The van der Waals surface area contributed by atoms with Crippen molar-refractivity contribution < 1.29 is 0 Å². The SMILES string of the molecule is Cc1cc(C)c(SNCCN2CCC(C)CC2)c(C)c1. The van der Waals surface area contributed by atoms with Gasteiger partial charge in [-0.05, 0) is 75.7 Å². The Morgan fingerprint density at radius 2 is 1.75 bits per heavy atom. The van der Waals surface area contributed by atoms with Crippen LogP contribution in [-0.4, -0.2) is 31.1 Å². The molecule has 1 saturated heterocycles. The first kappa shape index (κ1) is 15.9. The van der Waals surface area contributed by atoms with Gasteiger partial charge in [-0.15, -0.1) is 0 Å². The number of aryl methyl sites for hydroxylation is 3. The molecule has 0 bridgehead atoms. The van der Waals surface area contributed by atoms with Gasteiger partial charge in [-0.2, -0.15) is 0 Å². The van der Waals surface area contributed by atoms with Crippen molar-refractivity contribution >= 4 is 11.9 Å². The quantitative estimate of drug-likeness (QED) is 0.653. The van der Waals surface area contributed by atoms with E-state index in [2.05, 4.69) is 49.4 Å². The van der Waals surface area contributed by atoms with Crippen molar-refractivity contribution in [1.82, 2.24) is 9.62 Å². The summed E-state index contributed by atoms with van der Waals surface area (Å²) in [6.45, 7) is 13.7. The number of piperidine rings is 1. The maximum absolute atomic E-state index is 3.54. The average molecular weight is 292 g/mol. The first-order chi connectivity index (χ1) is 9.56. The van der Waals surface area contributed by atoms with Crippen molar-refractivity contribution in [3.63, 3.8) is 0 Å². The van der Waals surface area contributed by atoms with Crippen LogP contribution in [0.5, 0.6) is 0 Å². The fourth-order valence-electron chi connectivity index (χ4n) is 2.94. The van der Waals surface area contributed by atoms with Gasteiger partial charge < -0.3 is 4.90 Å². The molecule has 1 N–H and O–H groups in total. The summed E-state index contributed by atoms with van der Waals surface area (Å²) in [7, 11) is 0. The Morgan fingerprint density at radius 1 is 1.15 bits per heavy atom. The number of rotatable bonds is 5. The van der Waals surface area contributed by atoms with Crippen LogP contribution in [-0.2, 0) is 0 Å². The van der Waals surface area contributed by atoms with Crippen LogP contribution >= 0.6 is 11.9 Å². The highest BCUT2D eigenvalue weighted by molar-refractivity contribution is 7.97. The van der Waals surface area contributed by atoms with E-state index in [9.17, 15) is 0 Å². The predicted molar refractivity (Wildman–Crippen MR) is 89.4 cm³/mol. The zero-order chi connectivity index (χ0) is 14.5. The molecule has 1 aliphatic rings. The van der Waals surface area contributed by atoms with E-state index >= 15 is 0 Å². The molecule has 0 aliphatic carbocycles. The monoisotopic (exact) mass is 292 g/mol. The molecule has 0 atom stereocenters. The van der Waals surface area contributed by atoms with Crippen LogP contribution in [0.25, 0.3) is 0 Å². The molecule has 0 radical (unpaired) electrons. The lowest BCUT2D eigenvalue weighted by Gasteiger charge is -2.30. The van der Waals surface area contributed by atoms with Gasteiger partial charge in [-0.1, -0.05) is 24.6 Å². The number of likely N-dealkylation sites (tertiary alicyclic amines) is 1. The zero-order valence-corrected chi connectivity index (χ0v) is 14.1. The molecule has 3 heteroatoms. The third-order valence-electron chi connectivity index (χ3n) is 4.19. The van der Waals surface area contributed by atoms with Crippen LogP contribution in [0.2, 0.25) is 0 Å². The van der Waals surface area contributed by atoms with Gasteiger partial charge >= 0.3 is 0 Å². The average Bonchev–Trinajstić information content (AvgIpc) is 2.39. The fraction of sp³-hybridized carbons (Fsp3) is 0.647. The van der Waals surface area contributed by atoms with E-state index in [1.807, 2.05) is 0 Å². The summed E-state index contributed by atoms with van der Waals surface area (Å²) in [5, 5.41) is 0. The van der Waals surface area contributed by atoms with Gasteiger partial charge in [0.1, 0.15) is 0 Å². The van der Waals surface area contributed by atoms with Crippen LogP contribution in [0.4, 0.5) is 0 Å². The van der Waals surface area contributed by atoms with Gasteiger partial charge in [0.05, 0.1) is 0 Å². The van der Waals surface area contributed by atoms with E-state index in [4.69, 9.17) is 0 Å². The normalized spacial score (nSPS) is 17.6. The molecule has 20 heavy (non-hydrogen) atoms. The lowest BCUT2D eigenvalue weighted by molar-refractivity contribution is 0.196. The summed E-state index contributed by atoms with van der Waals surface area (Å²) in [6.07, 6.45) is 2.73. The number of hydrogen-bond acceptors (Lipinski definition) is 3. The van der Waals surface area contributed by atoms with E-state index in [1.54, 1.807) is 11.9 Å². The smallest absolute Gasteiger partial charge is 0.0286 e. The van der Waals surface area contributed by atoms with Crippen molar-refractivity contribution in [2.75, 3.05) is 26.2 Å². The summed E-state index contributed by atoms with van der Waals surface area (Å²) in [5.41, 5.74) is 4.12. The maximum Gasteiger partial charge on any atom is 0.0286 e. The van der Waals surface area contributed by atoms with E-state index in [-0.39, 0.29) is 0 Å². The van der Waals surface area contributed by atoms with Crippen molar-refractivity contribution in [2.24, 2.45) is 5.92 Å². The Labute approximate surface area is 128 Å². The first-order valence-electron chi connectivity index (χ1n) is 7.76. The molecule has 0 saturated carbocycles. The van der Waals surface area contributed by atoms with Gasteiger partial charge in [0.25, 0.3) is 0 Å². The molecule has 1 heterocycles. The van der Waals surface area contributed by atoms with Crippen molar-refractivity contribution in [2.45, 2.75) is 45.4 Å². The number of nitrogens with one attached hydrogen (secondary N) is 1. The second-order valence-electron chi connectivity index (χ2n) is 6.25. The van der Waals surface area contributed by atoms with Crippen LogP contribution < -0.4 is 4.72 Å². The molecule has 2 nitrogen and oxygen atoms in total. The minimum atomic E-state index is 0.923. The molecule has 112 valence electrons. The second kappa shape index (κ2) is 7.48. The van der Waals surface area contributed by atoms with E-state index in [1.165, 1.54) is 54.1 Å². The largest absolute Gasteiger partial charge is 0.302 e. The molecule has 0 spiro atoms. The Hall–Kier alpha value is -0.510. The van der Waals surface area contributed by atoms with Gasteiger partial charge in [-0.25, -0.2) is 0 Å². The molecule has 1 aliphatic heterocycles. The molecule has 0 aromatic heterocycles. The molecule has 0 amide bonds. The molecule has 1 aromatic carbocycles. The fourth-order valence-corrected chi connectivity index (χ4v) is 3.72. The molecule has 1 aromatic rings. The molecule has 2 rings (SSSR count). The highest BCUT2D eigenvalue weighted by atomic mass is 32.2. The highest BCUT2D eigenvalue weighted by Crippen LogP contribution is 2.25. The van der Waals surface area contributed by atoms with Gasteiger partial charge in [0, 0.05) is 18.0 Å². The predicted octanol–water partition coefficient (Wildman–Crippen LogP) is 3.94. The third-order valence-corrected chi connectivity index (χ3v) is 5.38. The highest BCUT2D eigenvalue weighted by Gasteiger charge is 2.14. The Bertz CT molecular complexity index is 414. The first-order valence-corrected chi connectivity index (χ1v) is 8.58. The summed E-state index contributed by atoms with van der Waals surface area (Å²) in [6, 6.07) is 4.53. The lowest BCUT2D eigenvalue weighted by atomic mass is 9.99. The van der Waals surface area contributed by atoms with Crippen LogP contribution in [0.3, 0.4) is 0 Å². The second-order valence-corrected chi connectivity index (χ2v) is 7.15. The Balaban J connectivity index is 1.74. The summed E-state index contributed by atoms with van der Waals surface area (Å²) < 4.78 is 3.54. The number of hydrogen-bond donors (Lipinski definition) is 1. The lowest BCUT2D eigenvalue weighted by Crippen LogP contribution is -2.36. The van der Waals surface area contributed by atoms with Gasteiger partial charge in [0.15, 0.2) is 0 Å². The van der Waals surface area contributed by atoms with E-state index in [0.717, 1.165) is 12.5 Å². The maximum atomic E-state index is 3.54. The Kier molecular flexibility index (Phi) is 5.94. The van der Waals surface area contributed by atoms with Gasteiger partial charge in [-0.3, -0.25) is 4.72 Å². The Morgan fingerprint density at radius 3 is 2.35 bits per heavy atom. The van der Waals surface area contributed by atoms with Crippen LogP contribution in [0.15, 0.2) is 17.0 Å². The minimum absolute atomic E-state index is 0.923. The van der Waals surface area contributed by atoms with Crippen molar-refractivity contribution in [3.05, 3.63) is 28.8 Å². The number of benzene rings is 1. The van der Waals surface area contributed by atoms with E-state index < -0.39 is 0 Å². The van der Waals surface area contributed by atoms with Crippen molar-refractivity contribution in [1.29, 1.82) is 0 Å². The molecular weight excluding hydrogens is 264 g/mol.